The number of rotatable bonds is 3. The molecule has 2 aliphatic rings. The summed E-state index contributed by atoms with van der Waals surface area (Å²) in [6.45, 7) is 8.62. The summed E-state index contributed by atoms with van der Waals surface area (Å²) in [7, 11) is 0. The molecule has 3 N–H and O–H groups in total. The van der Waals surface area contributed by atoms with Crippen LogP contribution in [0.1, 0.15) is 34.1 Å². The van der Waals surface area contributed by atoms with Crippen molar-refractivity contribution in [3.8, 4) is 0 Å². The Balaban J connectivity index is 2.10. The van der Waals surface area contributed by atoms with Gasteiger partial charge < -0.3 is 25.1 Å². The van der Waals surface area contributed by atoms with Crippen molar-refractivity contribution < 1.29 is 19.3 Å². The van der Waals surface area contributed by atoms with Crippen LogP contribution >= 0.6 is 0 Å². The van der Waals surface area contributed by atoms with E-state index in [1.54, 1.807) is 0 Å². The fourth-order valence-electron chi connectivity index (χ4n) is 2.96. The average Bonchev–Trinajstić information content (AvgIpc) is 2.77. The Labute approximate surface area is 109 Å². The van der Waals surface area contributed by atoms with Gasteiger partial charge in [-0.2, -0.15) is 0 Å². The summed E-state index contributed by atoms with van der Waals surface area (Å²) in [5, 5.41) is 10.0. The zero-order valence-corrected chi connectivity index (χ0v) is 11.7. The molecule has 2 rings (SSSR count). The summed E-state index contributed by atoms with van der Waals surface area (Å²) in [6.07, 6.45) is -0.108. The minimum absolute atomic E-state index is 0.0343. The largest absolute Gasteiger partial charge is 0.389 e. The molecule has 0 saturated carbocycles. The van der Waals surface area contributed by atoms with Crippen molar-refractivity contribution in [3.63, 3.8) is 0 Å². The molecule has 0 bridgehead atoms. The van der Waals surface area contributed by atoms with Gasteiger partial charge in [0.1, 0.15) is 0 Å². The highest BCUT2D eigenvalue weighted by atomic mass is 16.7. The lowest BCUT2D eigenvalue weighted by Crippen LogP contribution is -2.42. The van der Waals surface area contributed by atoms with Gasteiger partial charge in [0.05, 0.1) is 30.5 Å². The monoisotopic (exact) mass is 259 g/mol. The zero-order valence-electron chi connectivity index (χ0n) is 11.7. The van der Waals surface area contributed by atoms with E-state index in [0.29, 0.717) is 6.61 Å². The Bertz CT molecular complexity index is 305. The van der Waals surface area contributed by atoms with Crippen molar-refractivity contribution in [2.24, 2.45) is 11.7 Å². The summed E-state index contributed by atoms with van der Waals surface area (Å²) in [5.74, 6) is -0.421. The van der Waals surface area contributed by atoms with Crippen molar-refractivity contribution in [1.29, 1.82) is 0 Å². The Kier molecular flexibility index (Phi) is 3.73. The highest BCUT2D eigenvalue weighted by Gasteiger charge is 2.50. The van der Waals surface area contributed by atoms with Crippen molar-refractivity contribution in [2.45, 2.75) is 63.8 Å². The second-order valence-corrected chi connectivity index (χ2v) is 6.38. The van der Waals surface area contributed by atoms with E-state index in [1.807, 2.05) is 27.7 Å². The molecule has 0 aromatic rings. The maximum Gasteiger partial charge on any atom is 0.163 e. The van der Waals surface area contributed by atoms with Gasteiger partial charge in [0, 0.05) is 12.5 Å². The van der Waals surface area contributed by atoms with Crippen LogP contribution < -0.4 is 5.73 Å². The molecule has 0 spiro atoms. The molecule has 2 aliphatic heterocycles. The Morgan fingerprint density at radius 3 is 2.44 bits per heavy atom. The smallest absolute Gasteiger partial charge is 0.163 e. The van der Waals surface area contributed by atoms with Gasteiger partial charge >= 0.3 is 0 Å². The van der Waals surface area contributed by atoms with Crippen LogP contribution in [0.25, 0.3) is 0 Å². The van der Waals surface area contributed by atoms with Gasteiger partial charge in [-0.3, -0.25) is 0 Å². The quantitative estimate of drug-likeness (QED) is 0.778. The molecule has 0 radical (unpaired) electrons. The molecule has 4 atom stereocenters. The van der Waals surface area contributed by atoms with Gasteiger partial charge in [0.25, 0.3) is 0 Å². The van der Waals surface area contributed by atoms with Crippen LogP contribution in [0.3, 0.4) is 0 Å². The van der Waals surface area contributed by atoms with Crippen LogP contribution in [-0.4, -0.2) is 48.0 Å². The third-order valence-corrected chi connectivity index (χ3v) is 3.73. The van der Waals surface area contributed by atoms with Gasteiger partial charge in [-0.15, -0.1) is 0 Å². The third kappa shape index (κ3) is 2.86. The molecule has 2 heterocycles. The Morgan fingerprint density at radius 1 is 1.28 bits per heavy atom. The number of hydrogen-bond donors (Lipinski definition) is 2. The van der Waals surface area contributed by atoms with Crippen molar-refractivity contribution in [3.05, 3.63) is 0 Å². The normalized spacial score (nSPS) is 40.0. The van der Waals surface area contributed by atoms with E-state index in [2.05, 4.69) is 0 Å². The van der Waals surface area contributed by atoms with Crippen LogP contribution in [0.4, 0.5) is 0 Å². The first-order valence-corrected chi connectivity index (χ1v) is 6.62. The summed E-state index contributed by atoms with van der Waals surface area (Å²) in [4.78, 5) is 0. The molecule has 4 unspecified atom stereocenters. The summed E-state index contributed by atoms with van der Waals surface area (Å²) < 4.78 is 17.4. The van der Waals surface area contributed by atoms with Gasteiger partial charge in [-0.25, -0.2) is 0 Å². The molecule has 18 heavy (non-hydrogen) atoms. The lowest BCUT2D eigenvalue weighted by molar-refractivity contribution is -0.151. The molecule has 5 heteroatoms. The van der Waals surface area contributed by atoms with E-state index in [0.717, 1.165) is 6.42 Å². The van der Waals surface area contributed by atoms with Gasteiger partial charge in [0.2, 0.25) is 0 Å². The standard InChI is InChI=1S/C13H25NO4/c1-12(2)5-8(11(18-12)9(15)6-14)10-7-16-13(3,4)17-10/h8-11,15H,5-7,14H2,1-4H3. The van der Waals surface area contributed by atoms with Crippen LogP contribution in [0.2, 0.25) is 0 Å². The predicted octanol–water partition coefficient (Wildman–Crippen LogP) is 0.641. The lowest BCUT2D eigenvalue weighted by Gasteiger charge is -2.27. The van der Waals surface area contributed by atoms with Crippen molar-refractivity contribution in [2.75, 3.05) is 13.2 Å². The zero-order chi connectivity index (χ0) is 13.6. The number of hydrogen-bond acceptors (Lipinski definition) is 5. The first-order valence-electron chi connectivity index (χ1n) is 6.62. The van der Waals surface area contributed by atoms with E-state index >= 15 is 0 Å². The highest BCUT2D eigenvalue weighted by Crippen LogP contribution is 2.41. The first-order chi connectivity index (χ1) is 8.24. The summed E-state index contributed by atoms with van der Waals surface area (Å²) in [6, 6.07) is 0. The van der Waals surface area contributed by atoms with Crippen molar-refractivity contribution >= 4 is 0 Å². The molecule has 5 nitrogen and oxygen atoms in total. The molecule has 106 valence electrons. The molecule has 0 aliphatic carbocycles. The SMILES string of the molecule is CC1(C)CC(C2COC(C)(C)O2)C(C(O)CN)O1. The lowest BCUT2D eigenvalue weighted by atomic mass is 9.87. The van der Waals surface area contributed by atoms with E-state index in [-0.39, 0.29) is 30.3 Å². The molecule has 0 aromatic carbocycles. The van der Waals surface area contributed by atoms with Gasteiger partial charge in [0.15, 0.2) is 5.79 Å². The fraction of sp³-hybridized carbons (Fsp3) is 1.00. The van der Waals surface area contributed by atoms with Crippen molar-refractivity contribution in [1.82, 2.24) is 0 Å². The van der Waals surface area contributed by atoms with Gasteiger partial charge in [-0.05, 0) is 34.1 Å². The number of nitrogens with two attached hydrogens (primary N) is 1. The summed E-state index contributed by atoms with van der Waals surface area (Å²) in [5.41, 5.74) is 5.30. The molecule has 2 saturated heterocycles. The van der Waals surface area contributed by atoms with E-state index in [1.165, 1.54) is 0 Å². The second-order valence-electron chi connectivity index (χ2n) is 6.38. The first kappa shape index (κ1) is 14.2. The highest BCUT2D eigenvalue weighted by molar-refractivity contribution is 4.97. The topological polar surface area (TPSA) is 73.9 Å². The van der Waals surface area contributed by atoms with Crippen LogP contribution in [-0.2, 0) is 14.2 Å². The molecule has 2 fully saturated rings. The Morgan fingerprint density at radius 2 is 1.94 bits per heavy atom. The average molecular weight is 259 g/mol. The molecular weight excluding hydrogens is 234 g/mol. The maximum atomic E-state index is 10.0. The number of aliphatic hydroxyl groups is 1. The Hall–Kier alpha value is -0.200. The van der Waals surface area contributed by atoms with Crippen LogP contribution in [0, 0.1) is 5.92 Å². The maximum absolute atomic E-state index is 10.0. The number of ether oxygens (including phenoxy) is 3. The van der Waals surface area contributed by atoms with Crippen LogP contribution in [0.5, 0.6) is 0 Å². The molecule has 0 amide bonds. The second kappa shape index (κ2) is 4.72. The fourth-order valence-corrected chi connectivity index (χ4v) is 2.96. The van der Waals surface area contributed by atoms with E-state index in [9.17, 15) is 5.11 Å². The predicted molar refractivity (Wildman–Crippen MR) is 67.0 cm³/mol. The molecule has 0 aromatic heterocycles. The van der Waals surface area contributed by atoms with Gasteiger partial charge in [-0.1, -0.05) is 0 Å². The van der Waals surface area contributed by atoms with Crippen LogP contribution in [0.15, 0.2) is 0 Å². The van der Waals surface area contributed by atoms with E-state index in [4.69, 9.17) is 19.9 Å². The van der Waals surface area contributed by atoms with E-state index < -0.39 is 11.9 Å². The number of aliphatic hydroxyl groups excluding tert-OH is 1. The minimum atomic E-state index is -0.649. The third-order valence-electron chi connectivity index (χ3n) is 3.73. The summed E-state index contributed by atoms with van der Waals surface area (Å²) >= 11 is 0. The minimum Gasteiger partial charge on any atom is -0.389 e. The molecular formula is C13H25NO4.